The number of hydrogen-bond donors (Lipinski definition) is 2. The van der Waals surface area contributed by atoms with E-state index in [1.807, 2.05) is 6.92 Å². The standard InChI is InChI=1S/C18H24N6O3/c1-3-4-5-18(22-23-18)6-7-19-15(25)10-14-12-27-9-8-24(14)17(26)16-13(2)11-20-21-16/h1,11,14H,4-10,12H2,2H3,(H,19,25)(H,20,21). The molecule has 0 spiro atoms. The van der Waals surface area contributed by atoms with Crippen LogP contribution in [0.4, 0.5) is 0 Å². The van der Waals surface area contributed by atoms with Crippen molar-refractivity contribution in [3.8, 4) is 12.3 Å². The Labute approximate surface area is 157 Å². The van der Waals surface area contributed by atoms with Crippen LogP contribution in [0.25, 0.3) is 0 Å². The van der Waals surface area contributed by atoms with Gasteiger partial charge in [-0.05, 0) is 12.5 Å². The highest BCUT2D eigenvalue weighted by atomic mass is 16.5. The molecule has 27 heavy (non-hydrogen) atoms. The van der Waals surface area contributed by atoms with Crippen molar-refractivity contribution in [1.29, 1.82) is 0 Å². The van der Waals surface area contributed by atoms with E-state index >= 15 is 0 Å². The average Bonchev–Trinajstić information content (AvgIpc) is 3.30. The summed E-state index contributed by atoms with van der Waals surface area (Å²) in [6, 6.07) is -0.306. The Morgan fingerprint density at radius 3 is 2.96 bits per heavy atom. The van der Waals surface area contributed by atoms with Crippen LogP contribution in [0.3, 0.4) is 0 Å². The van der Waals surface area contributed by atoms with Crippen LogP contribution in [0.1, 0.15) is 41.7 Å². The number of carbonyl (C=O) groups is 2. The summed E-state index contributed by atoms with van der Waals surface area (Å²) in [6.45, 7) is 3.53. The molecule has 1 fully saturated rings. The lowest BCUT2D eigenvalue weighted by molar-refractivity contribution is -0.123. The van der Waals surface area contributed by atoms with Gasteiger partial charge in [-0.3, -0.25) is 14.7 Å². The van der Waals surface area contributed by atoms with E-state index in [-0.39, 0.29) is 24.3 Å². The fourth-order valence-electron chi connectivity index (χ4n) is 3.15. The molecule has 1 atom stereocenters. The molecule has 0 aromatic carbocycles. The van der Waals surface area contributed by atoms with Crippen LogP contribution in [0, 0.1) is 19.3 Å². The van der Waals surface area contributed by atoms with Gasteiger partial charge in [0.05, 0.1) is 25.5 Å². The topological polar surface area (TPSA) is 112 Å². The molecular formula is C18H24N6O3. The van der Waals surface area contributed by atoms with Crippen molar-refractivity contribution < 1.29 is 14.3 Å². The van der Waals surface area contributed by atoms with Crippen LogP contribution in [0.5, 0.6) is 0 Å². The van der Waals surface area contributed by atoms with Crippen LogP contribution >= 0.6 is 0 Å². The monoisotopic (exact) mass is 372 g/mol. The van der Waals surface area contributed by atoms with Gasteiger partial charge in [0.15, 0.2) is 5.66 Å². The van der Waals surface area contributed by atoms with Crippen molar-refractivity contribution in [1.82, 2.24) is 20.4 Å². The van der Waals surface area contributed by atoms with Gasteiger partial charge in [0, 0.05) is 38.8 Å². The summed E-state index contributed by atoms with van der Waals surface area (Å²) >= 11 is 0. The number of rotatable bonds is 8. The predicted molar refractivity (Wildman–Crippen MR) is 96.9 cm³/mol. The van der Waals surface area contributed by atoms with Crippen LogP contribution in [0.15, 0.2) is 16.4 Å². The number of nitrogens with one attached hydrogen (secondary N) is 2. The summed E-state index contributed by atoms with van der Waals surface area (Å²) in [5.41, 5.74) is 0.826. The molecule has 0 bridgehead atoms. The third-order valence-electron chi connectivity index (χ3n) is 4.85. The molecule has 1 saturated heterocycles. The van der Waals surface area contributed by atoms with E-state index in [2.05, 4.69) is 31.7 Å². The first-order chi connectivity index (χ1) is 13.0. The van der Waals surface area contributed by atoms with Gasteiger partial charge in [-0.1, -0.05) is 0 Å². The highest BCUT2D eigenvalue weighted by Gasteiger charge is 2.38. The summed E-state index contributed by atoms with van der Waals surface area (Å²) in [5.74, 6) is 2.30. The largest absolute Gasteiger partial charge is 0.377 e. The lowest BCUT2D eigenvalue weighted by Crippen LogP contribution is -2.50. The molecule has 0 aliphatic carbocycles. The molecule has 1 unspecified atom stereocenters. The van der Waals surface area contributed by atoms with Crippen molar-refractivity contribution in [3.63, 3.8) is 0 Å². The third-order valence-corrected chi connectivity index (χ3v) is 4.85. The normalized spacial score (nSPS) is 20.1. The van der Waals surface area contributed by atoms with Crippen molar-refractivity contribution in [2.45, 2.75) is 44.3 Å². The maximum atomic E-state index is 12.8. The highest BCUT2D eigenvalue weighted by molar-refractivity contribution is 5.94. The van der Waals surface area contributed by atoms with E-state index in [0.717, 1.165) is 5.56 Å². The summed E-state index contributed by atoms with van der Waals surface area (Å²) in [7, 11) is 0. The zero-order valence-corrected chi connectivity index (χ0v) is 15.4. The molecule has 144 valence electrons. The number of morpholine rings is 1. The number of ether oxygens (including phenoxy) is 1. The van der Waals surface area contributed by atoms with Crippen molar-refractivity contribution in [2.24, 2.45) is 10.2 Å². The third kappa shape index (κ3) is 4.71. The second-order valence-corrected chi connectivity index (χ2v) is 6.85. The predicted octanol–water partition coefficient (Wildman–Crippen LogP) is 1.03. The smallest absolute Gasteiger partial charge is 0.272 e. The molecule has 3 heterocycles. The Kier molecular flexibility index (Phi) is 5.86. The van der Waals surface area contributed by atoms with Gasteiger partial charge in [-0.2, -0.15) is 15.3 Å². The maximum absolute atomic E-state index is 12.8. The van der Waals surface area contributed by atoms with Gasteiger partial charge in [-0.25, -0.2) is 0 Å². The number of aromatic nitrogens is 2. The van der Waals surface area contributed by atoms with E-state index in [1.54, 1.807) is 11.1 Å². The van der Waals surface area contributed by atoms with Gasteiger partial charge in [0.2, 0.25) is 5.91 Å². The molecule has 0 radical (unpaired) electrons. The van der Waals surface area contributed by atoms with Gasteiger partial charge < -0.3 is 15.0 Å². The number of hydrogen-bond acceptors (Lipinski definition) is 6. The minimum absolute atomic E-state index is 0.127. The van der Waals surface area contributed by atoms with E-state index in [0.29, 0.717) is 51.3 Å². The minimum Gasteiger partial charge on any atom is -0.377 e. The Hall–Kier alpha value is -2.73. The van der Waals surface area contributed by atoms with E-state index in [4.69, 9.17) is 11.2 Å². The van der Waals surface area contributed by atoms with E-state index in [1.165, 1.54) is 0 Å². The number of carbonyl (C=O) groups excluding carboxylic acids is 2. The highest BCUT2D eigenvalue weighted by Crippen LogP contribution is 2.36. The molecule has 9 nitrogen and oxygen atoms in total. The first-order valence-electron chi connectivity index (χ1n) is 9.07. The maximum Gasteiger partial charge on any atom is 0.272 e. The number of aromatic amines is 1. The van der Waals surface area contributed by atoms with Crippen molar-refractivity contribution in [3.05, 3.63) is 17.5 Å². The van der Waals surface area contributed by atoms with Crippen LogP contribution in [-0.2, 0) is 9.53 Å². The Bertz CT molecular complexity index is 759. The number of amides is 2. The fourth-order valence-corrected chi connectivity index (χ4v) is 3.15. The lowest BCUT2D eigenvalue weighted by atomic mass is 10.0. The molecule has 1 aromatic rings. The summed E-state index contributed by atoms with van der Waals surface area (Å²) in [4.78, 5) is 26.8. The van der Waals surface area contributed by atoms with Crippen molar-refractivity contribution in [2.75, 3.05) is 26.3 Å². The number of nitrogens with zero attached hydrogens (tertiary/aromatic N) is 4. The molecule has 0 saturated carbocycles. The molecule has 3 rings (SSSR count). The lowest BCUT2D eigenvalue weighted by Gasteiger charge is -2.35. The van der Waals surface area contributed by atoms with E-state index in [9.17, 15) is 9.59 Å². The van der Waals surface area contributed by atoms with Crippen LogP contribution in [0.2, 0.25) is 0 Å². The van der Waals surface area contributed by atoms with Crippen molar-refractivity contribution >= 4 is 11.8 Å². The van der Waals surface area contributed by atoms with Gasteiger partial charge in [0.25, 0.3) is 5.91 Å². The molecule has 2 aliphatic rings. The Morgan fingerprint density at radius 2 is 2.30 bits per heavy atom. The average molecular weight is 372 g/mol. The summed E-state index contributed by atoms with van der Waals surface area (Å²) < 4.78 is 5.48. The minimum atomic E-state index is -0.409. The first kappa shape index (κ1) is 19.0. The van der Waals surface area contributed by atoms with Gasteiger partial charge >= 0.3 is 0 Å². The first-order valence-corrected chi connectivity index (χ1v) is 9.07. The second kappa shape index (κ2) is 8.31. The number of aryl methyl sites for hydroxylation is 1. The second-order valence-electron chi connectivity index (χ2n) is 6.85. The van der Waals surface area contributed by atoms with Crippen LogP contribution < -0.4 is 5.32 Å². The zero-order valence-electron chi connectivity index (χ0n) is 15.4. The summed E-state index contributed by atoms with van der Waals surface area (Å²) in [6.07, 6.45) is 9.03. The molecule has 1 aromatic heterocycles. The number of terminal acetylenes is 1. The van der Waals surface area contributed by atoms with Gasteiger partial charge in [0.1, 0.15) is 5.69 Å². The molecule has 9 heteroatoms. The Balaban J connectivity index is 1.49. The van der Waals surface area contributed by atoms with Gasteiger partial charge in [-0.15, -0.1) is 12.3 Å². The molecular weight excluding hydrogens is 348 g/mol. The summed E-state index contributed by atoms with van der Waals surface area (Å²) in [5, 5.41) is 17.6. The Morgan fingerprint density at radius 1 is 1.48 bits per heavy atom. The van der Waals surface area contributed by atoms with E-state index < -0.39 is 5.66 Å². The molecule has 2 amide bonds. The molecule has 2 N–H and O–H groups in total. The molecule has 2 aliphatic heterocycles. The number of H-pyrrole nitrogens is 1. The fraction of sp³-hybridized carbons (Fsp3) is 0.611. The SMILES string of the molecule is C#CCCC1(CCNC(=O)CC2COCCN2C(=O)c2[nH]ncc2C)N=N1. The van der Waals surface area contributed by atoms with Crippen LogP contribution in [-0.4, -0.2) is 64.9 Å². The zero-order chi connectivity index (χ0) is 19.3. The quantitative estimate of drug-likeness (QED) is 0.664.